The maximum absolute atomic E-state index is 6.14. The lowest BCUT2D eigenvalue weighted by atomic mass is 10.3. The van der Waals surface area contributed by atoms with E-state index in [0.717, 1.165) is 5.69 Å². The van der Waals surface area contributed by atoms with Crippen LogP contribution in [0.4, 0.5) is 23.1 Å². The van der Waals surface area contributed by atoms with E-state index >= 15 is 0 Å². The summed E-state index contributed by atoms with van der Waals surface area (Å²) in [6.07, 6.45) is 1.64. The minimum atomic E-state index is 0.440. The Kier molecular flexibility index (Phi) is 4.86. The Bertz CT molecular complexity index is 839. The van der Waals surface area contributed by atoms with Crippen LogP contribution >= 0.6 is 34.8 Å². The van der Waals surface area contributed by atoms with Crippen LogP contribution in [0.2, 0.25) is 15.1 Å². The second kappa shape index (κ2) is 7.04. The third kappa shape index (κ3) is 4.26. The molecule has 1 heterocycles. The average Bonchev–Trinajstić information content (AvgIpc) is 2.51. The molecule has 0 amide bonds. The number of rotatable bonds is 4. The van der Waals surface area contributed by atoms with Gasteiger partial charge in [0.15, 0.2) is 0 Å². The van der Waals surface area contributed by atoms with Crippen LogP contribution in [0.5, 0.6) is 0 Å². The number of nitrogens with zero attached hydrogens (tertiary/aromatic N) is 2. The molecule has 0 saturated heterocycles. The molecule has 4 nitrogen and oxygen atoms in total. The number of hydrogen-bond donors (Lipinski definition) is 2. The van der Waals surface area contributed by atoms with Crippen molar-refractivity contribution in [3.63, 3.8) is 0 Å². The van der Waals surface area contributed by atoms with E-state index in [1.54, 1.807) is 42.6 Å². The lowest BCUT2D eigenvalue weighted by Gasteiger charge is -2.10. The van der Waals surface area contributed by atoms with Gasteiger partial charge in [0.05, 0.1) is 10.7 Å². The predicted octanol–water partition coefficient (Wildman–Crippen LogP) is 5.92. The van der Waals surface area contributed by atoms with E-state index in [9.17, 15) is 0 Å². The minimum Gasteiger partial charge on any atom is -0.339 e. The molecular weight excluding hydrogens is 355 g/mol. The Morgan fingerprint density at radius 3 is 2.48 bits per heavy atom. The van der Waals surface area contributed by atoms with Gasteiger partial charge in [-0.1, -0.05) is 40.9 Å². The largest absolute Gasteiger partial charge is 0.339 e. The number of nitrogens with one attached hydrogen (secondary N) is 2. The molecular formula is C16H11Cl3N4. The summed E-state index contributed by atoms with van der Waals surface area (Å²) >= 11 is 18.1. The molecule has 0 fully saturated rings. The van der Waals surface area contributed by atoms with Crippen molar-refractivity contribution in [1.82, 2.24) is 9.97 Å². The standard InChI is InChI=1S/C16H11Cl3N4/c17-10-2-1-3-12(8-10)21-16-20-7-6-15(23-16)22-14-9-11(18)4-5-13(14)19/h1-9H,(H2,20,21,22,23). The van der Waals surface area contributed by atoms with E-state index in [4.69, 9.17) is 34.8 Å². The molecule has 3 rings (SSSR count). The molecule has 116 valence electrons. The van der Waals surface area contributed by atoms with Crippen LogP contribution in [-0.2, 0) is 0 Å². The molecule has 1 aromatic heterocycles. The zero-order chi connectivity index (χ0) is 16.2. The Morgan fingerprint density at radius 1 is 0.826 bits per heavy atom. The van der Waals surface area contributed by atoms with E-state index in [1.165, 1.54) is 0 Å². The van der Waals surface area contributed by atoms with Crippen molar-refractivity contribution in [2.24, 2.45) is 0 Å². The summed E-state index contributed by atoms with van der Waals surface area (Å²) in [5.41, 5.74) is 1.47. The van der Waals surface area contributed by atoms with Gasteiger partial charge in [0.2, 0.25) is 5.95 Å². The average molecular weight is 366 g/mol. The monoisotopic (exact) mass is 364 g/mol. The molecule has 0 saturated carbocycles. The fourth-order valence-electron chi connectivity index (χ4n) is 1.92. The lowest BCUT2D eigenvalue weighted by Crippen LogP contribution is -2.00. The molecule has 0 aliphatic carbocycles. The van der Waals surface area contributed by atoms with Gasteiger partial charge in [-0.2, -0.15) is 4.98 Å². The van der Waals surface area contributed by atoms with Crippen molar-refractivity contribution < 1.29 is 0 Å². The van der Waals surface area contributed by atoms with E-state index in [-0.39, 0.29) is 0 Å². The first-order chi connectivity index (χ1) is 11.1. The van der Waals surface area contributed by atoms with Gasteiger partial charge >= 0.3 is 0 Å². The van der Waals surface area contributed by atoms with Crippen LogP contribution in [0, 0.1) is 0 Å². The summed E-state index contributed by atoms with van der Waals surface area (Å²) in [6.45, 7) is 0. The molecule has 7 heteroatoms. The second-order valence-electron chi connectivity index (χ2n) is 4.65. The Balaban J connectivity index is 1.81. The molecule has 0 unspecified atom stereocenters. The van der Waals surface area contributed by atoms with Crippen molar-refractivity contribution in [2.75, 3.05) is 10.6 Å². The Labute approximate surface area is 148 Å². The number of benzene rings is 2. The predicted molar refractivity (Wildman–Crippen MR) is 96.5 cm³/mol. The molecule has 0 aliphatic rings. The maximum atomic E-state index is 6.14. The third-order valence-corrected chi connectivity index (χ3v) is 3.73. The van der Waals surface area contributed by atoms with E-state index in [2.05, 4.69) is 20.6 Å². The van der Waals surface area contributed by atoms with Gasteiger partial charge in [-0.3, -0.25) is 0 Å². The fourth-order valence-corrected chi connectivity index (χ4v) is 2.44. The Morgan fingerprint density at radius 2 is 1.65 bits per heavy atom. The number of hydrogen-bond acceptors (Lipinski definition) is 4. The zero-order valence-corrected chi connectivity index (χ0v) is 14.0. The highest BCUT2D eigenvalue weighted by molar-refractivity contribution is 6.35. The summed E-state index contributed by atoms with van der Waals surface area (Å²) in [5.74, 6) is 1.03. The molecule has 2 N–H and O–H groups in total. The quantitative estimate of drug-likeness (QED) is 0.602. The van der Waals surface area contributed by atoms with E-state index < -0.39 is 0 Å². The molecule has 23 heavy (non-hydrogen) atoms. The van der Waals surface area contributed by atoms with Crippen LogP contribution in [0.1, 0.15) is 0 Å². The molecule has 0 radical (unpaired) electrons. The van der Waals surface area contributed by atoms with Gasteiger partial charge in [0.25, 0.3) is 0 Å². The summed E-state index contributed by atoms with van der Waals surface area (Å²) in [5, 5.41) is 7.98. The second-order valence-corrected chi connectivity index (χ2v) is 5.93. The van der Waals surface area contributed by atoms with Crippen LogP contribution in [0.15, 0.2) is 54.7 Å². The molecule has 0 spiro atoms. The molecule has 2 aromatic carbocycles. The molecule has 0 aliphatic heterocycles. The van der Waals surface area contributed by atoms with Gasteiger partial charge in [0.1, 0.15) is 5.82 Å². The van der Waals surface area contributed by atoms with Gasteiger partial charge in [0, 0.05) is 21.9 Å². The van der Waals surface area contributed by atoms with Crippen molar-refractivity contribution in [3.05, 3.63) is 69.8 Å². The fraction of sp³-hybridized carbons (Fsp3) is 0. The summed E-state index contributed by atoms with van der Waals surface area (Å²) in [4.78, 5) is 8.57. The molecule has 3 aromatic rings. The lowest BCUT2D eigenvalue weighted by molar-refractivity contribution is 1.17. The van der Waals surface area contributed by atoms with Gasteiger partial charge in [-0.25, -0.2) is 4.98 Å². The van der Waals surface area contributed by atoms with Crippen LogP contribution in [-0.4, -0.2) is 9.97 Å². The van der Waals surface area contributed by atoms with E-state index in [1.807, 2.05) is 12.1 Å². The van der Waals surface area contributed by atoms with Crippen LogP contribution in [0.25, 0.3) is 0 Å². The highest BCUT2D eigenvalue weighted by Crippen LogP contribution is 2.28. The highest BCUT2D eigenvalue weighted by Gasteiger charge is 2.05. The number of halogens is 3. The smallest absolute Gasteiger partial charge is 0.229 e. The number of aromatic nitrogens is 2. The first kappa shape index (κ1) is 15.9. The van der Waals surface area contributed by atoms with Gasteiger partial charge in [-0.05, 0) is 42.5 Å². The topological polar surface area (TPSA) is 49.8 Å². The highest BCUT2D eigenvalue weighted by atomic mass is 35.5. The van der Waals surface area contributed by atoms with Crippen molar-refractivity contribution >= 4 is 57.9 Å². The summed E-state index contributed by atoms with van der Waals surface area (Å²) in [6, 6.07) is 14.2. The van der Waals surface area contributed by atoms with Gasteiger partial charge in [-0.15, -0.1) is 0 Å². The number of anilines is 4. The van der Waals surface area contributed by atoms with Crippen LogP contribution in [0.3, 0.4) is 0 Å². The Hall–Kier alpha value is -2.01. The van der Waals surface area contributed by atoms with Crippen molar-refractivity contribution in [1.29, 1.82) is 0 Å². The third-order valence-electron chi connectivity index (χ3n) is 2.93. The first-order valence-corrected chi connectivity index (χ1v) is 7.81. The van der Waals surface area contributed by atoms with Gasteiger partial charge < -0.3 is 10.6 Å². The SMILES string of the molecule is Clc1cccc(Nc2nccc(Nc3cc(Cl)ccc3Cl)n2)c1. The normalized spacial score (nSPS) is 10.4. The van der Waals surface area contributed by atoms with Crippen molar-refractivity contribution in [2.45, 2.75) is 0 Å². The van der Waals surface area contributed by atoms with Crippen molar-refractivity contribution in [3.8, 4) is 0 Å². The molecule has 0 atom stereocenters. The maximum Gasteiger partial charge on any atom is 0.229 e. The minimum absolute atomic E-state index is 0.440. The van der Waals surface area contributed by atoms with E-state index in [0.29, 0.717) is 32.5 Å². The summed E-state index contributed by atoms with van der Waals surface area (Å²) in [7, 11) is 0. The zero-order valence-electron chi connectivity index (χ0n) is 11.7. The summed E-state index contributed by atoms with van der Waals surface area (Å²) < 4.78 is 0. The van der Waals surface area contributed by atoms with Crippen LogP contribution < -0.4 is 10.6 Å². The first-order valence-electron chi connectivity index (χ1n) is 6.68. The molecule has 0 bridgehead atoms.